The largest absolute Gasteiger partial charge is 0.345 e. The fourth-order valence-corrected chi connectivity index (χ4v) is 3.19. The zero-order valence-corrected chi connectivity index (χ0v) is 17.6. The quantitative estimate of drug-likeness (QED) is 0.702. The van der Waals surface area contributed by atoms with Gasteiger partial charge in [-0.3, -0.25) is 9.59 Å². The van der Waals surface area contributed by atoms with Gasteiger partial charge >= 0.3 is 0 Å². The summed E-state index contributed by atoms with van der Waals surface area (Å²) in [6.45, 7) is 5.45. The van der Waals surface area contributed by atoms with E-state index < -0.39 is 0 Å². The molecule has 0 saturated heterocycles. The van der Waals surface area contributed by atoms with Gasteiger partial charge in [-0.2, -0.15) is 5.10 Å². The topological polar surface area (TPSA) is 80.1 Å². The van der Waals surface area contributed by atoms with Crippen molar-refractivity contribution in [3.8, 4) is 5.69 Å². The number of hydrogen-bond acceptors (Lipinski definition) is 4. The normalized spacial score (nSPS) is 11.8. The summed E-state index contributed by atoms with van der Waals surface area (Å²) < 4.78 is 14.9. The minimum Gasteiger partial charge on any atom is -0.345 e. The van der Waals surface area contributed by atoms with Crippen LogP contribution in [-0.4, -0.2) is 45.6 Å². The maximum Gasteiger partial charge on any atom is 0.271 e. The van der Waals surface area contributed by atoms with E-state index in [4.69, 9.17) is 0 Å². The molecule has 30 heavy (non-hydrogen) atoms. The number of carbonyl (C=O) groups excluding carboxylic acids is 2. The van der Waals surface area contributed by atoms with E-state index in [1.54, 1.807) is 56.2 Å². The minimum absolute atomic E-state index is 0.220. The number of carbonyl (C=O) groups is 2. The van der Waals surface area contributed by atoms with Crippen LogP contribution in [0.15, 0.2) is 42.6 Å². The van der Waals surface area contributed by atoms with E-state index in [-0.39, 0.29) is 23.7 Å². The molecule has 0 aliphatic heterocycles. The molecular weight excluding hydrogens is 385 g/mol. The third-order valence-electron chi connectivity index (χ3n) is 4.89. The number of nitrogens with zero attached hydrogens (tertiary/aromatic N) is 4. The first-order valence-electron chi connectivity index (χ1n) is 9.49. The Morgan fingerprint density at radius 1 is 1.10 bits per heavy atom. The number of pyridine rings is 1. The maximum atomic E-state index is 13.2. The van der Waals surface area contributed by atoms with Crippen LogP contribution in [0.5, 0.6) is 0 Å². The number of aromatic nitrogens is 3. The average Bonchev–Trinajstić information content (AvgIpc) is 3.09. The Morgan fingerprint density at radius 3 is 2.37 bits per heavy atom. The van der Waals surface area contributed by atoms with Crippen molar-refractivity contribution >= 4 is 11.8 Å². The fourth-order valence-electron chi connectivity index (χ4n) is 3.19. The third-order valence-corrected chi connectivity index (χ3v) is 4.89. The number of nitrogens with one attached hydrogen (secondary N) is 1. The highest BCUT2D eigenvalue weighted by molar-refractivity contribution is 5.97. The van der Waals surface area contributed by atoms with E-state index in [1.165, 1.54) is 17.0 Å². The number of aryl methyl sites for hydroxylation is 1. The molecule has 3 rings (SSSR count). The van der Waals surface area contributed by atoms with Gasteiger partial charge in [-0.15, -0.1) is 0 Å². The van der Waals surface area contributed by atoms with Gasteiger partial charge in [-0.05, 0) is 57.2 Å². The van der Waals surface area contributed by atoms with E-state index in [2.05, 4.69) is 15.4 Å². The smallest absolute Gasteiger partial charge is 0.271 e. The van der Waals surface area contributed by atoms with Crippen LogP contribution >= 0.6 is 0 Å². The van der Waals surface area contributed by atoms with Crippen LogP contribution in [0.1, 0.15) is 50.8 Å². The van der Waals surface area contributed by atoms with Gasteiger partial charge in [0, 0.05) is 25.4 Å². The Bertz CT molecular complexity index is 1090. The van der Waals surface area contributed by atoms with E-state index in [9.17, 15) is 14.0 Å². The van der Waals surface area contributed by atoms with Crippen LogP contribution in [0, 0.1) is 19.7 Å². The summed E-state index contributed by atoms with van der Waals surface area (Å²) in [5.74, 6) is -0.820. The second-order valence-corrected chi connectivity index (χ2v) is 7.30. The van der Waals surface area contributed by atoms with Gasteiger partial charge < -0.3 is 10.2 Å². The molecular formula is C22H24FN5O2. The molecule has 0 bridgehead atoms. The van der Waals surface area contributed by atoms with Gasteiger partial charge in [0.2, 0.25) is 0 Å². The van der Waals surface area contributed by atoms with Crippen molar-refractivity contribution in [1.82, 2.24) is 25.0 Å². The first kappa shape index (κ1) is 21.2. The molecule has 1 N–H and O–H groups in total. The Labute approximate surface area is 174 Å². The lowest BCUT2D eigenvalue weighted by Gasteiger charge is -2.16. The zero-order valence-electron chi connectivity index (χ0n) is 17.6. The molecule has 1 aromatic carbocycles. The highest BCUT2D eigenvalue weighted by atomic mass is 19.1. The molecule has 2 amide bonds. The summed E-state index contributed by atoms with van der Waals surface area (Å²) in [5, 5.41) is 7.32. The van der Waals surface area contributed by atoms with Crippen molar-refractivity contribution in [1.29, 1.82) is 0 Å². The lowest BCUT2D eigenvalue weighted by atomic mass is 10.1. The highest BCUT2D eigenvalue weighted by Gasteiger charge is 2.20. The highest BCUT2D eigenvalue weighted by Crippen LogP contribution is 2.21. The Morgan fingerprint density at radius 2 is 1.77 bits per heavy atom. The minimum atomic E-state index is -0.313. The third kappa shape index (κ3) is 4.22. The SMILES string of the molecule is Cc1nc(C(=O)N(C)C)ccc1C(=O)NC(C)c1cnn(-c2ccc(F)cc2)c1C. The van der Waals surface area contributed by atoms with Gasteiger partial charge in [-0.25, -0.2) is 14.1 Å². The number of amides is 2. The van der Waals surface area contributed by atoms with E-state index in [0.29, 0.717) is 17.0 Å². The second kappa shape index (κ2) is 8.44. The molecule has 2 aromatic heterocycles. The first-order chi connectivity index (χ1) is 14.2. The lowest BCUT2D eigenvalue weighted by Crippen LogP contribution is -2.28. The summed E-state index contributed by atoms with van der Waals surface area (Å²) in [7, 11) is 3.30. The molecule has 1 atom stereocenters. The zero-order chi connectivity index (χ0) is 22.0. The molecule has 2 heterocycles. The number of hydrogen-bond donors (Lipinski definition) is 1. The van der Waals surface area contributed by atoms with Gasteiger partial charge in [0.05, 0.1) is 29.2 Å². The van der Waals surface area contributed by atoms with Crippen LogP contribution in [-0.2, 0) is 0 Å². The molecule has 0 radical (unpaired) electrons. The maximum absolute atomic E-state index is 13.2. The van der Waals surface area contributed by atoms with Crippen molar-refractivity contribution in [3.05, 3.63) is 76.6 Å². The molecule has 1 unspecified atom stereocenters. The van der Waals surface area contributed by atoms with Crippen LogP contribution in [0.4, 0.5) is 4.39 Å². The first-order valence-corrected chi connectivity index (χ1v) is 9.49. The van der Waals surface area contributed by atoms with E-state index in [1.807, 2.05) is 13.8 Å². The predicted octanol–water partition coefficient (Wildman–Crippen LogP) is 3.22. The number of rotatable bonds is 5. The Hall–Kier alpha value is -3.55. The molecule has 0 spiro atoms. The predicted molar refractivity (Wildman–Crippen MR) is 111 cm³/mol. The standard InChI is InChI=1S/C22H24FN5O2/c1-13-18(10-11-20(25-13)22(30)27(4)5)21(29)26-14(2)19-12-24-28(15(19)3)17-8-6-16(23)7-9-17/h6-12,14H,1-5H3,(H,26,29). The molecule has 0 fully saturated rings. The van der Waals surface area contributed by atoms with E-state index >= 15 is 0 Å². The molecule has 0 aliphatic carbocycles. The average molecular weight is 409 g/mol. The molecule has 156 valence electrons. The second-order valence-electron chi connectivity index (χ2n) is 7.30. The summed E-state index contributed by atoms with van der Waals surface area (Å²) in [6, 6.07) is 8.89. The molecule has 8 heteroatoms. The molecule has 0 aliphatic rings. The molecule has 3 aromatic rings. The van der Waals surface area contributed by atoms with Crippen LogP contribution in [0.3, 0.4) is 0 Å². The van der Waals surface area contributed by atoms with Gasteiger partial charge in [0.1, 0.15) is 11.5 Å². The van der Waals surface area contributed by atoms with Gasteiger partial charge in [0.25, 0.3) is 11.8 Å². The van der Waals surface area contributed by atoms with Gasteiger partial charge in [0.15, 0.2) is 0 Å². The summed E-state index contributed by atoms with van der Waals surface area (Å²) in [5.41, 5.74) is 3.60. The van der Waals surface area contributed by atoms with Crippen molar-refractivity contribution in [3.63, 3.8) is 0 Å². The van der Waals surface area contributed by atoms with Crippen LogP contribution in [0.25, 0.3) is 5.69 Å². The van der Waals surface area contributed by atoms with Crippen molar-refractivity contribution < 1.29 is 14.0 Å². The van der Waals surface area contributed by atoms with Crippen LogP contribution < -0.4 is 5.32 Å². The van der Waals surface area contributed by atoms with E-state index in [0.717, 1.165) is 16.9 Å². The van der Waals surface area contributed by atoms with Gasteiger partial charge in [-0.1, -0.05) is 0 Å². The summed E-state index contributed by atoms with van der Waals surface area (Å²) in [4.78, 5) is 30.5. The molecule has 7 nitrogen and oxygen atoms in total. The lowest BCUT2D eigenvalue weighted by molar-refractivity contribution is 0.0820. The fraction of sp³-hybridized carbons (Fsp3) is 0.273. The van der Waals surface area contributed by atoms with Crippen LogP contribution in [0.2, 0.25) is 0 Å². The molecule has 0 saturated carbocycles. The summed E-state index contributed by atoms with van der Waals surface area (Å²) >= 11 is 0. The Balaban J connectivity index is 1.78. The monoisotopic (exact) mass is 409 g/mol. The van der Waals surface area contributed by atoms with Crippen molar-refractivity contribution in [2.45, 2.75) is 26.8 Å². The Kier molecular flexibility index (Phi) is 5.96. The van der Waals surface area contributed by atoms with Crippen molar-refractivity contribution in [2.75, 3.05) is 14.1 Å². The number of halogens is 1. The summed E-state index contributed by atoms with van der Waals surface area (Å²) in [6.07, 6.45) is 1.69. The number of benzene rings is 1. The van der Waals surface area contributed by atoms with Crippen molar-refractivity contribution in [2.24, 2.45) is 0 Å².